The number of hydrogen-bond donors (Lipinski definition) is 1. The van der Waals surface area contributed by atoms with Crippen molar-refractivity contribution in [3.63, 3.8) is 0 Å². The topological polar surface area (TPSA) is 79.7 Å². The zero-order valence-electron chi connectivity index (χ0n) is 21.8. The number of anilines is 3. The van der Waals surface area contributed by atoms with E-state index in [1.165, 1.54) is 37.7 Å². The van der Waals surface area contributed by atoms with Crippen LogP contribution in [-0.2, 0) is 7.05 Å². The van der Waals surface area contributed by atoms with E-state index >= 15 is 0 Å². The lowest BCUT2D eigenvalue weighted by atomic mass is 9.83. The molecule has 3 aromatic rings. The first-order chi connectivity index (χ1) is 17.4. The van der Waals surface area contributed by atoms with Gasteiger partial charge in [-0.25, -0.2) is 0 Å². The van der Waals surface area contributed by atoms with Crippen molar-refractivity contribution in [2.75, 3.05) is 37.0 Å². The third-order valence-electron chi connectivity index (χ3n) is 7.86. The number of aliphatic imine (C=N–C) groups is 1. The van der Waals surface area contributed by atoms with Gasteiger partial charge in [-0.1, -0.05) is 19.3 Å². The van der Waals surface area contributed by atoms with Gasteiger partial charge in [0, 0.05) is 63.2 Å². The Balaban J connectivity index is 1.71. The molecule has 1 aliphatic carbocycles. The van der Waals surface area contributed by atoms with Crippen LogP contribution in [0.25, 0.3) is 16.5 Å². The van der Waals surface area contributed by atoms with Gasteiger partial charge in [0.05, 0.1) is 34.5 Å². The van der Waals surface area contributed by atoms with Crippen LogP contribution >= 0.6 is 0 Å². The summed E-state index contributed by atoms with van der Waals surface area (Å²) in [7, 11) is 5.74. The van der Waals surface area contributed by atoms with Crippen molar-refractivity contribution in [3.8, 4) is 0 Å². The Bertz CT molecular complexity index is 1410. The highest BCUT2D eigenvalue weighted by Gasteiger charge is 2.27. The maximum absolute atomic E-state index is 12.9. The molecule has 7 heteroatoms. The SMILES string of the molecule is CN=C/C(=C\N)c1cc2c(cn1)N(c1cc(C3CCCCC3)cc3c1cc(C)c(=O)n3C)CCN2C. The van der Waals surface area contributed by atoms with E-state index in [0.29, 0.717) is 5.92 Å². The van der Waals surface area contributed by atoms with Crippen LogP contribution in [0.2, 0.25) is 0 Å². The fourth-order valence-electron chi connectivity index (χ4n) is 5.80. The Kier molecular flexibility index (Phi) is 6.56. The Morgan fingerprint density at radius 2 is 1.83 bits per heavy atom. The van der Waals surface area contributed by atoms with E-state index in [0.717, 1.165) is 57.9 Å². The van der Waals surface area contributed by atoms with Crippen LogP contribution in [0.4, 0.5) is 17.1 Å². The van der Waals surface area contributed by atoms with Crippen molar-refractivity contribution in [2.24, 2.45) is 17.8 Å². The number of nitrogens with two attached hydrogens (primary N) is 1. The summed E-state index contributed by atoms with van der Waals surface area (Å²) >= 11 is 0. The van der Waals surface area contributed by atoms with Crippen LogP contribution in [0.15, 0.2) is 46.4 Å². The number of aryl methyl sites for hydroxylation is 2. The molecule has 1 fully saturated rings. The fraction of sp³-hybridized carbons (Fsp3) is 0.414. The highest BCUT2D eigenvalue weighted by molar-refractivity contribution is 6.09. The Morgan fingerprint density at radius 1 is 1.06 bits per heavy atom. The lowest BCUT2D eigenvalue weighted by Crippen LogP contribution is -2.37. The normalized spacial score (nSPS) is 17.3. The standard InChI is InChI=1S/C29H36N6O/c1-19-12-23-25(34(4)29(19)36)13-21(20-8-6-5-7-9-20)14-26(23)35-11-10-33(3)27-15-24(32-18-28(27)35)22(16-30)17-31-2/h12-18,20H,5-11,30H2,1-4H3/b22-16+,31-17?. The smallest absolute Gasteiger partial charge is 0.253 e. The molecule has 2 aliphatic rings. The van der Waals surface area contributed by atoms with Crippen molar-refractivity contribution in [2.45, 2.75) is 44.9 Å². The highest BCUT2D eigenvalue weighted by Crippen LogP contribution is 2.43. The van der Waals surface area contributed by atoms with E-state index in [-0.39, 0.29) is 5.56 Å². The summed E-state index contributed by atoms with van der Waals surface area (Å²) < 4.78 is 1.82. The van der Waals surface area contributed by atoms with Gasteiger partial charge in [-0.05, 0) is 55.5 Å². The predicted molar refractivity (Wildman–Crippen MR) is 151 cm³/mol. The van der Waals surface area contributed by atoms with Crippen molar-refractivity contribution >= 4 is 39.8 Å². The first-order valence-electron chi connectivity index (χ1n) is 12.9. The second kappa shape index (κ2) is 9.80. The Labute approximate surface area is 213 Å². The minimum absolute atomic E-state index is 0.0676. The molecule has 1 aliphatic heterocycles. The second-order valence-corrected chi connectivity index (χ2v) is 10.1. The molecule has 1 aromatic carbocycles. The molecule has 5 rings (SSSR count). The first-order valence-corrected chi connectivity index (χ1v) is 12.9. The second-order valence-electron chi connectivity index (χ2n) is 10.1. The van der Waals surface area contributed by atoms with Gasteiger partial charge < -0.3 is 20.1 Å². The number of likely N-dealkylation sites (N-methyl/N-ethyl adjacent to an activating group) is 1. The van der Waals surface area contributed by atoms with Gasteiger partial charge in [0.2, 0.25) is 0 Å². The number of aromatic nitrogens is 2. The van der Waals surface area contributed by atoms with Crippen LogP contribution in [-0.4, -0.2) is 43.0 Å². The van der Waals surface area contributed by atoms with Crippen LogP contribution < -0.4 is 21.1 Å². The number of hydrogen-bond acceptors (Lipinski definition) is 6. The zero-order valence-corrected chi connectivity index (χ0v) is 21.8. The molecule has 2 aromatic heterocycles. The van der Waals surface area contributed by atoms with Gasteiger partial charge in [-0.3, -0.25) is 14.8 Å². The number of pyridine rings is 2. The number of benzene rings is 1. The molecule has 188 valence electrons. The summed E-state index contributed by atoms with van der Waals surface area (Å²) in [6.07, 6.45) is 11.5. The molecule has 36 heavy (non-hydrogen) atoms. The fourth-order valence-corrected chi connectivity index (χ4v) is 5.80. The van der Waals surface area contributed by atoms with E-state index in [2.05, 4.69) is 46.1 Å². The van der Waals surface area contributed by atoms with E-state index in [1.807, 2.05) is 24.7 Å². The molecule has 0 saturated heterocycles. The number of fused-ring (bicyclic) bond motifs is 2. The monoisotopic (exact) mass is 484 g/mol. The Morgan fingerprint density at radius 3 is 2.56 bits per heavy atom. The van der Waals surface area contributed by atoms with E-state index < -0.39 is 0 Å². The molecular weight excluding hydrogens is 448 g/mol. The van der Waals surface area contributed by atoms with E-state index in [1.54, 1.807) is 19.5 Å². The first kappa shape index (κ1) is 24.1. The average molecular weight is 485 g/mol. The molecule has 0 atom stereocenters. The highest BCUT2D eigenvalue weighted by atomic mass is 16.1. The molecule has 0 radical (unpaired) electrons. The summed E-state index contributed by atoms with van der Waals surface area (Å²) in [6, 6.07) is 8.79. The van der Waals surface area contributed by atoms with Crippen molar-refractivity contribution < 1.29 is 0 Å². The summed E-state index contributed by atoms with van der Waals surface area (Å²) in [5, 5.41) is 1.11. The lowest BCUT2D eigenvalue weighted by Gasteiger charge is -2.38. The number of allylic oxidation sites excluding steroid dienone is 1. The van der Waals surface area contributed by atoms with E-state index in [9.17, 15) is 4.79 Å². The molecule has 0 unspecified atom stereocenters. The molecular formula is C29H36N6O. The average Bonchev–Trinajstić information content (AvgIpc) is 2.91. The van der Waals surface area contributed by atoms with Gasteiger partial charge in [-0.15, -0.1) is 0 Å². The minimum Gasteiger partial charge on any atom is -0.404 e. The summed E-state index contributed by atoms with van der Waals surface area (Å²) in [5.74, 6) is 0.538. The molecule has 0 spiro atoms. The number of nitrogens with zero attached hydrogens (tertiary/aromatic N) is 5. The molecule has 1 saturated carbocycles. The van der Waals surface area contributed by atoms with Crippen molar-refractivity contribution in [1.29, 1.82) is 0 Å². The summed E-state index contributed by atoms with van der Waals surface area (Å²) in [4.78, 5) is 26.4. The quantitative estimate of drug-likeness (QED) is 0.534. The van der Waals surface area contributed by atoms with Crippen LogP contribution in [0.3, 0.4) is 0 Å². The lowest BCUT2D eigenvalue weighted by molar-refractivity contribution is 0.444. The van der Waals surface area contributed by atoms with Crippen molar-refractivity contribution in [1.82, 2.24) is 9.55 Å². The van der Waals surface area contributed by atoms with Crippen molar-refractivity contribution in [3.05, 3.63) is 63.8 Å². The molecule has 3 heterocycles. The van der Waals surface area contributed by atoms with Gasteiger partial charge in [-0.2, -0.15) is 0 Å². The largest absolute Gasteiger partial charge is 0.404 e. The molecule has 7 nitrogen and oxygen atoms in total. The van der Waals surface area contributed by atoms with Gasteiger partial charge in [0.25, 0.3) is 5.56 Å². The van der Waals surface area contributed by atoms with Crippen LogP contribution in [0.1, 0.15) is 54.8 Å². The zero-order chi connectivity index (χ0) is 25.4. The summed E-state index contributed by atoms with van der Waals surface area (Å²) in [6.45, 7) is 3.62. The minimum atomic E-state index is 0.0676. The van der Waals surface area contributed by atoms with Gasteiger partial charge in [0.15, 0.2) is 0 Å². The number of rotatable bonds is 4. The molecule has 0 bridgehead atoms. The van der Waals surface area contributed by atoms with Crippen LogP contribution in [0, 0.1) is 6.92 Å². The third-order valence-corrected chi connectivity index (χ3v) is 7.86. The van der Waals surface area contributed by atoms with Gasteiger partial charge >= 0.3 is 0 Å². The predicted octanol–water partition coefficient (Wildman–Crippen LogP) is 4.88. The summed E-state index contributed by atoms with van der Waals surface area (Å²) in [5.41, 5.74) is 13.9. The van der Waals surface area contributed by atoms with E-state index in [4.69, 9.17) is 10.7 Å². The van der Waals surface area contributed by atoms with Crippen LogP contribution in [0.5, 0.6) is 0 Å². The Hall–Kier alpha value is -3.61. The van der Waals surface area contributed by atoms with Gasteiger partial charge in [0.1, 0.15) is 0 Å². The molecule has 2 N–H and O–H groups in total. The maximum atomic E-state index is 12.9. The maximum Gasteiger partial charge on any atom is 0.253 e. The molecule has 0 amide bonds. The third kappa shape index (κ3) is 4.16.